The predicted molar refractivity (Wildman–Crippen MR) is 79.4 cm³/mol. The number of urea groups is 1. The lowest BCUT2D eigenvalue weighted by molar-refractivity contribution is -0.385. The lowest BCUT2D eigenvalue weighted by atomic mass is 10.2. The average Bonchev–Trinajstić information content (AvgIpc) is 2.39. The number of nitrogens with one attached hydrogen (secondary N) is 1. The zero-order chi connectivity index (χ0) is 16.3. The van der Waals surface area contributed by atoms with Crippen LogP contribution in [0.5, 0.6) is 0 Å². The molecular weight excluding hydrogens is 346 g/mol. The van der Waals surface area contributed by atoms with Crippen molar-refractivity contribution in [2.45, 2.75) is 19.9 Å². The molecular formula is C12H14BrN3O5. The van der Waals surface area contributed by atoms with E-state index < -0.39 is 23.0 Å². The van der Waals surface area contributed by atoms with Gasteiger partial charge in [-0.15, -0.1) is 0 Å². The first kappa shape index (κ1) is 16.9. The van der Waals surface area contributed by atoms with Crippen molar-refractivity contribution >= 4 is 39.3 Å². The van der Waals surface area contributed by atoms with E-state index in [1.807, 2.05) is 0 Å². The molecule has 0 saturated heterocycles. The average molecular weight is 360 g/mol. The van der Waals surface area contributed by atoms with E-state index in [-0.39, 0.29) is 11.4 Å². The van der Waals surface area contributed by atoms with Crippen molar-refractivity contribution < 1.29 is 19.6 Å². The van der Waals surface area contributed by atoms with Crippen LogP contribution >= 0.6 is 15.9 Å². The molecule has 114 valence electrons. The third-order valence-corrected chi connectivity index (χ3v) is 3.64. The monoisotopic (exact) mass is 359 g/mol. The summed E-state index contributed by atoms with van der Waals surface area (Å²) in [6.45, 7) is 2.93. The van der Waals surface area contributed by atoms with Gasteiger partial charge in [0.2, 0.25) is 0 Å². The zero-order valence-electron chi connectivity index (χ0n) is 11.6. The van der Waals surface area contributed by atoms with Gasteiger partial charge in [-0.25, -0.2) is 9.59 Å². The molecule has 1 atom stereocenters. The van der Waals surface area contributed by atoms with Gasteiger partial charge in [-0.05, 0) is 35.8 Å². The second kappa shape index (κ2) is 6.53. The largest absolute Gasteiger partial charge is 0.480 e. The summed E-state index contributed by atoms with van der Waals surface area (Å²) in [7, 11) is 1.32. The third-order valence-electron chi connectivity index (χ3n) is 2.98. The van der Waals surface area contributed by atoms with E-state index >= 15 is 0 Å². The molecule has 2 amide bonds. The van der Waals surface area contributed by atoms with Crippen LogP contribution in [0.2, 0.25) is 0 Å². The summed E-state index contributed by atoms with van der Waals surface area (Å²) < 4.78 is 0.468. The molecule has 1 unspecified atom stereocenters. The number of amides is 2. The minimum Gasteiger partial charge on any atom is -0.480 e. The van der Waals surface area contributed by atoms with Gasteiger partial charge in [0.15, 0.2) is 0 Å². The fraction of sp³-hybridized carbons (Fsp3) is 0.333. The van der Waals surface area contributed by atoms with E-state index in [4.69, 9.17) is 5.11 Å². The Labute approximate surface area is 129 Å². The first-order chi connectivity index (χ1) is 9.65. The Morgan fingerprint density at radius 3 is 2.52 bits per heavy atom. The number of nitrogens with zero attached hydrogens (tertiary/aromatic N) is 2. The quantitative estimate of drug-likeness (QED) is 0.633. The number of likely N-dealkylation sites (N-methyl/N-ethyl adjacent to an activating group) is 1. The molecule has 0 aliphatic heterocycles. The summed E-state index contributed by atoms with van der Waals surface area (Å²) in [5.41, 5.74) is 0.501. The Kier molecular flexibility index (Phi) is 5.25. The van der Waals surface area contributed by atoms with Gasteiger partial charge in [0.05, 0.1) is 10.6 Å². The Morgan fingerprint density at radius 2 is 2.05 bits per heavy atom. The van der Waals surface area contributed by atoms with Crippen molar-refractivity contribution in [3.05, 3.63) is 32.3 Å². The first-order valence-corrected chi connectivity index (χ1v) is 6.65. The van der Waals surface area contributed by atoms with Gasteiger partial charge in [-0.1, -0.05) is 0 Å². The molecule has 9 heteroatoms. The van der Waals surface area contributed by atoms with Crippen LogP contribution in [0.1, 0.15) is 12.5 Å². The molecule has 0 bridgehead atoms. The van der Waals surface area contributed by atoms with Crippen LogP contribution in [-0.2, 0) is 4.79 Å². The van der Waals surface area contributed by atoms with Gasteiger partial charge in [-0.3, -0.25) is 10.1 Å². The molecule has 0 aliphatic rings. The Bertz CT molecular complexity index is 605. The van der Waals surface area contributed by atoms with E-state index in [1.54, 1.807) is 6.92 Å². The molecule has 0 aliphatic carbocycles. The van der Waals surface area contributed by atoms with Crippen LogP contribution < -0.4 is 5.32 Å². The number of carboxylic acid groups (broad SMARTS) is 1. The minimum absolute atomic E-state index is 0.137. The summed E-state index contributed by atoms with van der Waals surface area (Å²) in [4.78, 5) is 34.1. The number of carboxylic acids is 1. The lowest BCUT2D eigenvalue weighted by Gasteiger charge is -2.22. The highest BCUT2D eigenvalue weighted by Crippen LogP contribution is 2.30. The maximum atomic E-state index is 11.9. The normalized spacial score (nSPS) is 11.6. The topological polar surface area (TPSA) is 113 Å². The van der Waals surface area contributed by atoms with Crippen LogP contribution in [0, 0.1) is 17.0 Å². The maximum Gasteiger partial charge on any atom is 0.326 e. The highest BCUT2D eigenvalue weighted by atomic mass is 79.9. The van der Waals surface area contributed by atoms with E-state index in [0.29, 0.717) is 10.0 Å². The van der Waals surface area contributed by atoms with Crippen LogP contribution in [0.3, 0.4) is 0 Å². The van der Waals surface area contributed by atoms with Gasteiger partial charge < -0.3 is 15.3 Å². The SMILES string of the molecule is Cc1cc(Br)c(NC(=O)N(C)C(C)C(=O)O)cc1[N+](=O)[O-]. The van der Waals surface area contributed by atoms with Crippen LogP contribution in [0.15, 0.2) is 16.6 Å². The molecule has 2 N–H and O–H groups in total. The molecule has 0 aromatic heterocycles. The molecule has 1 rings (SSSR count). The Morgan fingerprint density at radius 1 is 1.48 bits per heavy atom. The van der Waals surface area contributed by atoms with Crippen molar-refractivity contribution in [3.8, 4) is 0 Å². The van der Waals surface area contributed by atoms with Crippen LogP contribution in [0.4, 0.5) is 16.2 Å². The smallest absolute Gasteiger partial charge is 0.326 e. The summed E-state index contributed by atoms with van der Waals surface area (Å²) in [6.07, 6.45) is 0. The molecule has 21 heavy (non-hydrogen) atoms. The number of rotatable bonds is 4. The number of carbonyl (C=O) groups excluding carboxylic acids is 1. The number of anilines is 1. The van der Waals surface area contributed by atoms with E-state index in [9.17, 15) is 19.7 Å². The number of aliphatic carboxylic acids is 1. The summed E-state index contributed by atoms with van der Waals surface area (Å²) in [5.74, 6) is -1.15. The predicted octanol–water partition coefficient (Wildman–Crippen LogP) is 2.60. The molecule has 1 aromatic rings. The zero-order valence-corrected chi connectivity index (χ0v) is 13.2. The van der Waals surface area contributed by atoms with Gasteiger partial charge in [-0.2, -0.15) is 0 Å². The fourth-order valence-electron chi connectivity index (χ4n) is 1.50. The van der Waals surface area contributed by atoms with Crippen molar-refractivity contribution in [3.63, 3.8) is 0 Å². The number of carbonyl (C=O) groups is 2. The minimum atomic E-state index is -1.15. The third kappa shape index (κ3) is 3.91. The molecule has 8 nitrogen and oxygen atoms in total. The maximum absolute atomic E-state index is 11.9. The van der Waals surface area contributed by atoms with Gasteiger partial charge in [0.25, 0.3) is 5.69 Å². The molecule has 1 aromatic carbocycles. The molecule has 0 heterocycles. The molecule has 0 spiro atoms. The number of aryl methyl sites for hydroxylation is 1. The van der Waals surface area contributed by atoms with Crippen molar-refractivity contribution in [1.29, 1.82) is 0 Å². The number of nitro groups is 1. The van der Waals surface area contributed by atoms with Gasteiger partial charge >= 0.3 is 12.0 Å². The molecule has 0 fully saturated rings. The number of benzene rings is 1. The highest BCUT2D eigenvalue weighted by Gasteiger charge is 2.23. The Balaban J connectivity index is 3.03. The molecule has 0 radical (unpaired) electrons. The summed E-state index contributed by atoms with van der Waals surface area (Å²) >= 11 is 3.20. The second-order valence-electron chi connectivity index (χ2n) is 4.43. The standard InChI is InChI=1S/C12H14BrN3O5/c1-6-4-8(13)9(5-10(6)16(20)21)14-12(19)15(3)7(2)11(17)18/h4-5,7H,1-3H3,(H,14,19)(H,17,18). The van der Waals surface area contributed by atoms with Crippen molar-refractivity contribution in [1.82, 2.24) is 4.90 Å². The molecule has 0 saturated carbocycles. The number of hydrogen-bond donors (Lipinski definition) is 2. The van der Waals surface area contributed by atoms with Gasteiger partial charge in [0, 0.05) is 23.2 Å². The van der Waals surface area contributed by atoms with Crippen molar-refractivity contribution in [2.75, 3.05) is 12.4 Å². The second-order valence-corrected chi connectivity index (χ2v) is 5.29. The number of halogens is 1. The number of nitro benzene ring substituents is 1. The van der Waals surface area contributed by atoms with E-state index in [2.05, 4.69) is 21.2 Å². The van der Waals surface area contributed by atoms with Gasteiger partial charge in [0.1, 0.15) is 6.04 Å². The first-order valence-electron chi connectivity index (χ1n) is 5.86. The number of hydrogen-bond acceptors (Lipinski definition) is 4. The van der Waals surface area contributed by atoms with Crippen LogP contribution in [0.25, 0.3) is 0 Å². The van der Waals surface area contributed by atoms with E-state index in [0.717, 1.165) is 4.90 Å². The fourth-order valence-corrected chi connectivity index (χ4v) is 2.06. The highest BCUT2D eigenvalue weighted by molar-refractivity contribution is 9.10. The van der Waals surface area contributed by atoms with Crippen molar-refractivity contribution in [2.24, 2.45) is 0 Å². The lowest BCUT2D eigenvalue weighted by Crippen LogP contribution is -2.42. The van der Waals surface area contributed by atoms with Crippen LogP contribution in [-0.4, -0.2) is 40.0 Å². The summed E-state index contributed by atoms with van der Waals surface area (Å²) in [5, 5.41) is 22.2. The van der Waals surface area contributed by atoms with E-state index in [1.165, 1.54) is 26.1 Å². The Hall–Kier alpha value is -2.16. The summed E-state index contributed by atoms with van der Waals surface area (Å²) in [6, 6.07) is 1.03.